The van der Waals surface area contributed by atoms with E-state index in [1.807, 2.05) is 0 Å². The molecule has 0 bridgehead atoms. The van der Waals surface area contributed by atoms with Crippen LogP contribution < -0.4 is 5.73 Å². The standard InChI is InChI=1S/CH5N.2HI.2Pb.4H/c1-2;;;;;;;;/h2H2,1H3;2*1H;;;;;;. The molecule has 0 aromatic heterocycles. The van der Waals surface area contributed by atoms with Crippen LogP contribution in [-0.2, 0) is 0 Å². The van der Waals surface area contributed by atoms with E-state index >= 15 is 0 Å². The zero-order valence-corrected chi connectivity index (χ0v) is 19.5. The first kappa shape index (κ1) is 34.8. The van der Waals surface area contributed by atoms with Crippen molar-refractivity contribution in [1.82, 2.24) is 0 Å². The van der Waals surface area contributed by atoms with Gasteiger partial charge in [0.1, 0.15) is 0 Å². The van der Waals surface area contributed by atoms with Gasteiger partial charge in [0.25, 0.3) is 0 Å². The van der Waals surface area contributed by atoms with E-state index in [2.05, 4.69) is 5.73 Å². The van der Waals surface area contributed by atoms with E-state index < -0.39 is 0 Å². The van der Waals surface area contributed by atoms with Crippen molar-refractivity contribution in [3.8, 4) is 0 Å². The summed E-state index contributed by atoms with van der Waals surface area (Å²) in [5.41, 5.74) is 4.50. The minimum atomic E-state index is 0. The van der Waals surface area contributed by atoms with Crippen LogP contribution in [0.4, 0.5) is 0 Å². The van der Waals surface area contributed by atoms with Gasteiger partial charge in [0.05, 0.1) is 0 Å². The predicted molar refractivity (Wildman–Crippen MR) is 58.0 cm³/mol. The Hall–Kier alpha value is 3.26. The number of nitrogens with two attached hydrogens (primary N) is 1. The Labute approximate surface area is 113 Å². The molecule has 0 saturated heterocycles. The molecule has 0 aliphatic heterocycles. The van der Waals surface area contributed by atoms with Gasteiger partial charge in [-0.3, -0.25) is 0 Å². The van der Waals surface area contributed by atoms with Crippen molar-refractivity contribution < 1.29 is 0 Å². The monoisotopic (exact) mass is 707 g/mol. The molecule has 0 aliphatic rings. The first-order valence-corrected chi connectivity index (χ1v) is 0.577. The summed E-state index contributed by atoms with van der Waals surface area (Å²) in [5, 5.41) is 0. The van der Waals surface area contributed by atoms with Crippen LogP contribution in [0.1, 0.15) is 0 Å². The Balaban J connectivity index is -0.000000000833. The molecule has 0 amide bonds. The first-order chi connectivity index (χ1) is 1.00. The summed E-state index contributed by atoms with van der Waals surface area (Å²) >= 11 is 0. The average molecular weight is 705 g/mol. The molecular weight excluding hydrogens is 694 g/mol. The second kappa shape index (κ2) is 40.9. The summed E-state index contributed by atoms with van der Waals surface area (Å²) in [7, 11) is 1.50. The van der Waals surface area contributed by atoms with Crippen LogP contribution in [0.5, 0.6) is 0 Å². The quantitative estimate of drug-likeness (QED) is 0.254. The molecule has 5 heteroatoms. The van der Waals surface area contributed by atoms with Gasteiger partial charge in [0.2, 0.25) is 0 Å². The van der Waals surface area contributed by atoms with Gasteiger partial charge < -0.3 is 5.73 Å². The van der Waals surface area contributed by atoms with Crippen molar-refractivity contribution in [2.75, 3.05) is 7.05 Å². The van der Waals surface area contributed by atoms with Gasteiger partial charge in [-0.25, -0.2) is 0 Å². The Kier molecular flexibility index (Phi) is 237. The fraction of sp³-hybridized carbons (Fsp3) is 1.00. The van der Waals surface area contributed by atoms with Crippen LogP contribution in [0, 0.1) is 0 Å². The number of hydrogen-bond acceptors (Lipinski definition) is 1. The van der Waals surface area contributed by atoms with Crippen LogP contribution in [0.2, 0.25) is 0 Å². The van der Waals surface area contributed by atoms with E-state index in [0.717, 1.165) is 0 Å². The van der Waals surface area contributed by atoms with Gasteiger partial charge in [-0.2, -0.15) is 0 Å². The van der Waals surface area contributed by atoms with Crippen molar-refractivity contribution >= 4 is 103 Å². The first-order valence-electron chi connectivity index (χ1n) is 0.577. The van der Waals surface area contributed by atoms with Crippen LogP contribution in [0.15, 0.2) is 0 Å². The van der Waals surface area contributed by atoms with Crippen LogP contribution >= 0.6 is 48.0 Å². The van der Waals surface area contributed by atoms with Crippen molar-refractivity contribution in [1.29, 1.82) is 0 Å². The summed E-state index contributed by atoms with van der Waals surface area (Å²) in [4.78, 5) is 0. The molecule has 0 aliphatic carbocycles. The summed E-state index contributed by atoms with van der Waals surface area (Å²) < 4.78 is 0. The molecule has 0 fully saturated rings. The van der Waals surface area contributed by atoms with E-state index in [1.165, 1.54) is 7.05 Å². The number of rotatable bonds is 0. The van der Waals surface area contributed by atoms with Crippen molar-refractivity contribution in [2.45, 2.75) is 0 Å². The van der Waals surface area contributed by atoms with E-state index in [-0.39, 0.29) is 103 Å². The van der Waals surface area contributed by atoms with Crippen LogP contribution in [0.3, 0.4) is 0 Å². The molecule has 42 valence electrons. The van der Waals surface area contributed by atoms with Gasteiger partial charge in [-0.05, 0) is 7.05 Å². The van der Waals surface area contributed by atoms with Gasteiger partial charge in [0, 0.05) is 0 Å². The molecule has 2 N–H and O–H groups in total. The maximum absolute atomic E-state index is 4.50. The Morgan fingerprint density at radius 2 is 0.833 bits per heavy atom. The molecule has 0 saturated carbocycles. The minimum absolute atomic E-state index is 0. The fourth-order valence-corrected chi connectivity index (χ4v) is 0. The van der Waals surface area contributed by atoms with Gasteiger partial charge in [0.15, 0.2) is 0 Å². The third-order valence-electron chi connectivity index (χ3n) is 0. The molecule has 0 aromatic rings. The van der Waals surface area contributed by atoms with Crippen LogP contribution in [0.25, 0.3) is 0 Å². The van der Waals surface area contributed by atoms with Crippen LogP contribution in [-0.4, -0.2) is 61.6 Å². The Bertz CT molecular complexity index is 11.5. The molecule has 0 heterocycles. The van der Waals surface area contributed by atoms with Crippen molar-refractivity contribution in [3.05, 3.63) is 0 Å². The maximum atomic E-state index is 4.50. The third-order valence-corrected chi connectivity index (χ3v) is 0. The van der Waals surface area contributed by atoms with E-state index in [1.54, 1.807) is 0 Å². The molecule has 0 unspecified atom stereocenters. The molecule has 6 heavy (non-hydrogen) atoms. The van der Waals surface area contributed by atoms with E-state index in [9.17, 15) is 0 Å². The second-order valence-corrected chi connectivity index (χ2v) is 0. The molecule has 4 radical (unpaired) electrons. The summed E-state index contributed by atoms with van der Waals surface area (Å²) in [5.74, 6) is 0. The molecule has 1 nitrogen and oxygen atoms in total. The van der Waals surface area contributed by atoms with Gasteiger partial charge in [-0.1, -0.05) is 0 Å². The SMILES string of the molecule is CN.I.I.[PbH2].[PbH2]. The predicted octanol–water partition coefficient (Wildman–Crippen LogP) is -1.02. The summed E-state index contributed by atoms with van der Waals surface area (Å²) in [6, 6.07) is 0. The Morgan fingerprint density at radius 3 is 0.833 bits per heavy atom. The third kappa shape index (κ3) is 26.8. The zero-order chi connectivity index (χ0) is 2.00. The fourth-order valence-electron chi connectivity index (χ4n) is 0. The van der Waals surface area contributed by atoms with Gasteiger partial charge in [-0.15, -0.1) is 48.0 Å². The molecule has 0 aromatic carbocycles. The molecule has 0 atom stereocenters. The molecular formula is CH11I2NPb2. The van der Waals surface area contributed by atoms with Crippen molar-refractivity contribution in [2.24, 2.45) is 5.73 Å². The zero-order valence-electron chi connectivity index (χ0n) is 3.81. The van der Waals surface area contributed by atoms with Gasteiger partial charge >= 0.3 is 54.6 Å². The molecule has 0 spiro atoms. The van der Waals surface area contributed by atoms with E-state index in [0.29, 0.717) is 0 Å². The Morgan fingerprint density at radius 1 is 0.833 bits per heavy atom. The summed E-state index contributed by atoms with van der Waals surface area (Å²) in [6.45, 7) is 0. The second-order valence-electron chi connectivity index (χ2n) is 0. The average Bonchev–Trinajstić information content (AvgIpc) is 1.00. The summed E-state index contributed by atoms with van der Waals surface area (Å²) in [6.07, 6.45) is 0. The molecule has 0 rings (SSSR count). The number of hydrogen-bond donors (Lipinski definition) is 1. The topological polar surface area (TPSA) is 26.0 Å². The number of halogens is 2. The normalized spacial score (nSPS) is 1.00. The van der Waals surface area contributed by atoms with Crippen molar-refractivity contribution in [3.63, 3.8) is 0 Å². The van der Waals surface area contributed by atoms with E-state index in [4.69, 9.17) is 0 Å².